The third-order valence-corrected chi connectivity index (χ3v) is 10.8. The van der Waals surface area contributed by atoms with E-state index in [1.165, 1.54) is 7.11 Å². The summed E-state index contributed by atoms with van der Waals surface area (Å²) in [6.45, 7) is 11.3. The van der Waals surface area contributed by atoms with Crippen LogP contribution in [0.3, 0.4) is 0 Å². The molecule has 48 heavy (non-hydrogen) atoms. The van der Waals surface area contributed by atoms with Crippen molar-refractivity contribution in [3.8, 4) is 11.8 Å². The average molecular weight is 692 g/mol. The highest BCUT2D eigenvalue weighted by atomic mass is 35.5. The first-order valence-electron chi connectivity index (χ1n) is 16.8. The molecule has 4 fully saturated rings. The molecule has 5 rings (SSSR count). The van der Waals surface area contributed by atoms with Crippen molar-refractivity contribution in [1.82, 2.24) is 5.32 Å². The molecule has 1 saturated carbocycles. The molecule has 0 aromatic rings. The van der Waals surface area contributed by atoms with Crippen LogP contribution in [0.15, 0.2) is 36.0 Å². The monoisotopic (exact) mass is 691 g/mol. The van der Waals surface area contributed by atoms with Crippen LogP contribution in [0.2, 0.25) is 0 Å². The highest BCUT2D eigenvalue weighted by molar-refractivity contribution is 6.22. The van der Waals surface area contributed by atoms with E-state index in [9.17, 15) is 14.7 Å². The first-order valence-corrected chi connectivity index (χ1v) is 17.2. The lowest BCUT2D eigenvalue weighted by atomic mass is 9.78. The molecule has 266 valence electrons. The van der Waals surface area contributed by atoms with Gasteiger partial charge in [-0.25, -0.2) is 4.79 Å². The minimum atomic E-state index is -1.91. The zero-order valence-electron chi connectivity index (χ0n) is 29.1. The van der Waals surface area contributed by atoms with Gasteiger partial charge in [-0.05, 0) is 46.3 Å². The maximum Gasteiger partial charge on any atom is 0.408 e. The molecular formula is C36H50ClNO10. The van der Waals surface area contributed by atoms with E-state index in [4.69, 9.17) is 44.8 Å². The van der Waals surface area contributed by atoms with E-state index >= 15 is 0 Å². The van der Waals surface area contributed by atoms with Gasteiger partial charge < -0.3 is 43.6 Å². The number of carbonyl (C=O) groups excluding carboxylic acids is 2. The Balaban J connectivity index is 1.40. The molecule has 1 amide bonds. The van der Waals surface area contributed by atoms with E-state index in [0.717, 1.165) is 12.0 Å². The molecular weight excluding hydrogens is 642 g/mol. The van der Waals surface area contributed by atoms with Crippen LogP contribution < -0.4 is 5.32 Å². The van der Waals surface area contributed by atoms with E-state index in [1.54, 1.807) is 45.3 Å². The van der Waals surface area contributed by atoms with Crippen LogP contribution in [0.1, 0.15) is 67.2 Å². The van der Waals surface area contributed by atoms with Crippen molar-refractivity contribution in [1.29, 1.82) is 0 Å². The summed E-state index contributed by atoms with van der Waals surface area (Å²) in [5.41, 5.74) is -0.120. The Bertz CT molecular complexity index is 1370. The van der Waals surface area contributed by atoms with E-state index in [0.29, 0.717) is 6.42 Å². The topological polar surface area (TPSA) is 131 Å². The smallest absolute Gasteiger partial charge is 0.408 e. The fraction of sp³-hybridized carbons (Fsp3) is 0.722. The number of halogens is 1. The Labute approximate surface area is 288 Å². The van der Waals surface area contributed by atoms with E-state index in [2.05, 4.69) is 17.2 Å². The van der Waals surface area contributed by atoms with Gasteiger partial charge in [0, 0.05) is 50.2 Å². The Morgan fingerprint density at radius 3 is 2.50 bits per heavy atom. The largest absolute Gasteiger partial charge is 0.458 e. The fourth-order valence-electron chi connectivity index (χ4n) is 7.82. The summed E-state index contributed by atoms with van der Waals surface area (Å²) in [5.74, 6) is 1.90. The van der Waals surface area contributed by atoms with Crippen LogP contribution >= 0.6 is 11.6 Å². The lowest BCUT2D eigenvalue weighted by Gasteiger charge is -2.55. The first kappa shape index (κ1) is 36.8. The number of ether oxygens (including phenoxy) is 7. The number of allylic oxidation sites excluding steroid dienone is 3. The van der Waals surface area contributed by atoms with Crippen molar-refractivity contribution < 1.29 is 47.9 Å². The fourth-order valence-corrected chi connectivity index (χ4v) is 8.08. The Kier molecular flexibility index (Phi) is 11.1. The van der Waals surface area contributed by atoms with Crippen molar-refractivity contribution in [2.24, 2.45) is 17.8 Å². The second-order valence-electron chi connectivity index (χ2n) is 14.3. The SMILES string of the molecule is COC1C=C(C)CC(C=CC=CC#CC2CC2Cl)OC(=O)CC2(O)CC(OC3(C)OC(C)C4NC(=O)OC4(C)C3OC)C(C)C(O2)C1C. The molecule has 11 nitrogen and oxygen atoms in total. The molecule has 0 spiro atoms. The number of amides is 1. The lowest BCUT2D eigenvalue weighted by Crippen LogP contribution is -2.71. The quantitative estimate of drug-likeness (QED) is 0.135. The van der Waals surface area contributed by atoms with E-state index in [-0.39, 0.29) is 35.7 Å². The van der Waals surface area contributed by atoms with E-state index in [1.807, 2.05) is 33.8 Å². The second kappa shape index (κ2) is 14.4. The van der Waals surface area contributed by atoms with Crippen molar-refractivity contribution in [2.75, 3.05) is 14.2 Å². The highest BCUT2D eigenvalue weighted by Crippen LogP contribution is 2.47. The van der Waals surface area contributed by atoms with E-state index < -0.39 is 72.2 Å². The van der Waals surface area contributed by atoms with Gasteiger partial charge in [0.25, 0.3) is 0 Å². The summed E-state index contributed by atoms with van der Waals surface area (Å²) in [6.07, 6.45) is 5.93. The first-order chi connectivity index (χ1) is 22.6. The van der Waals surface area contributed by atoms with Crippen LogP contribution in [0.5, 0.6) is 0 Å². The van der Waals surface area contributed by atoms with Crippen molar-refractivity contribution in [3.63, 3.8) is 0 Å². The van der Waals surface area contributed by atoms with Crippen LogP contribution in [0.25, 0.3) is 0 Å². The van der Waals surface area contributed by atoms with Crippen LogP contribution in [-0.2, 0) is 38.0 Å². The maximum absolute atomic E-state index is 13.4. The molecule has 14 atom stereocenters. The van der Waals surface area contributed by atoms with Gasteiger partial charge in [-0.2, -0.15) is 0 Å². The number of carbonyl (C=O) groups is 2. The number of fused-ring (bicyclic) bond motifs is 3. The van der Waals surface area contributed by atoms with Gasteiger partial charge in [-0.3, -0.25) is 4.79 Å². The molecule has 4 aliphatic heterocycles. The molecule has 12 heteroatoms. The molecule has 1 aliphatic carbocycles. The van der Waals surface area contributed by atoms with Gasteiger partial charge in [0.2, 0.25) is 0 Å². The van der Waals surface area contributed by atoms with Crippen LogP contribution in [-0.4, -0.2) is 96.6 Å². The van der Waals surface area contributed by atoms with Crippen LogP contribution in [0.4, 0.5) is 4.79 Å². The predicted octanol–water partition coefficient (Wildman–Crippen LogP) is 4.55. The zero-order chi connectivity index (χ0) is 35.0. The molecule has 5 aliphatic rings. The predicted molar refractivity (Wildman–Crippen MR) is 177 cm³/mol. The van der Waals surface area contributed by atoms with Gasteiger partial charge >= 0.3 is 12.1 Å². The van der Waals surface area contributed by atoms with Crippen LogP contribution in [0, 0.1) is 29.6 Å². The molecule has 0 aromatic carbocycles. The summed E-state index contributed by atoms with van der Waals surface area (Å²) in [7, 11) is 3.15. The number of nitrogens with one attached hydrogen (secondary N) is 1. The number of hydrogen-bond donors (Lipinski definition) is 2. The summed E-state index contributed by atoms with van der Waals surface area (Å²) in [5, 5.41) is 14.9. The summed E-state index contributed by atoms with van der Waals surface area (Å²) < 4.78 is 43.1. The van der Waals surface area contributed by atoms with Gasteiger partial charge in [-0.15, -0.1) is 11.6 Å². The summed E-state index contributed by atoms with van der Waals surface area (Å²) in [6, 6.07) is -0.465. The molecule has 3 saturated heterocycles. The standard InChI is InChI=1S/C36H50ClNO10/c1-20-15-25(14-12-10-9-11-13-24-17-26(24)37)44-29(39)19-36(41)18-28(22(3)30(47-36)21(2)27(16-20)42-7)46-35(6)32(43-8)34(5)31(23(4)45-35)38-33(40)48-34/h9-10,12,14,16,21-28,30-32,41H,15,17-19H2,1-8H3,(H,38,40). The molecule has 4 heterocycles. The average Bonchev–Trinajstić information content (AvgIpc) is 3.60. The number of rotatable bonds is 6. The number of aliphatic hydroxyl groups is 1. The third-order valence-electron chi connectivity index (χ3n) is 10.3. The minimum absolute atomic E-state index is 0.0486. The zero-order valence-corrected chi connectivity index (χ0v) is 29.8. The second-order valence-corrected chi connectivity index (χ2v) is 14.8. The van der Waals surface area contributed by atoms with Gasteiger partial charge in [0.05, 0.1) is 30.8 Å². The Hall–Kier alpha value is -2.43. The summed E-state index contributed by atoms with van der Waals surface area (Å²) in [4.78, 5) is 25.7. The number of cyclic esters (lactones) is 1. The van der Waals surface area contributed by atoms with Crippen molar-refractivity contribution in [2.45, 2.75) is 132 Å². The third kappa shape index (κ3) is 7.81. The normalized spacial score (nSPS) is 46.3. The van der Waals surface area contributed by atoms with Gasteiger partial charge in [0.1, 0.15) is 12.1 Å². The molecule has 14 unspecified atom stereocenters. The molecule has 2 bridgehead atoms. The highest BCUT2D eigenvalue weighted by Gasteiger charge is 2.66. The Morgan fingerprint density at radius 1 is 1.10 bits per heavy atom. The van der Waals surface area contributed by atoms with Crippen molar-refractivity contribution in [3.05, 3.63) is 36.0 Å². The lowest BCUT2D eigenvalue weighted by molar-refractivity contribution is -0.387. The minimum Gasteiger partial charge on any atom is -0.458 e. The van der Waals surface area contributed by atoms with Gasteiger partial charge in [0.15, 0.2) is 23.3 Å². The molecule has 0 radical (unpaired) electrons. The number of methoxy groups -OCH3 is 2. The van der Waals surface area contributed by atoms with Gasteiger partial charge in [-0.1, -0.05) is 49.5 Å². The number of alkyl halides is 1. The Morgan fingerprint density at radius 2 is 1.83 bits per heavy atom. The maximum atomic E-state index is 13.4. The number of alkyl carbamates (subject to hydrolysis) is 1. The summed E-state index contributed by atoms with van der Waals surface area (Å²) >= 11 is 6.01. The molecule has 0 aromatic heterocycles. The van der Waals surface area contributed by atoms with Crippen molar-refractivity contribution >= 4 is 23.7 Å². The number of esters is 1. The number of hydrogen-bond acceptors (Lipinski definition) is 10. The molecule has 2 N–H and O–H groups in total.